The maximum Gasteiger partial charge on any atom is 0.306 e. The lowest BCUT2D eigenvalue weighted by molar-refractivity contribution is -0.150. The molecule has 0 saturated carbocycles. The van der Waals surface area contributed by atoms with Crippen LogP contribution >= 0.6 is 0 Å². The van der Waals surface area contributed by atoms with Gasteiger partial charge in [0, 0.05) is 13.8 Å². The summed E-state index contributed by atoms with van der Waals surface area (Å²) < 4.78 is 9.90. The molecule has 0 aromatic rings. The molecule has 0 aliphatic heterocycles. The molecule has 270 valence electrons. The van der Waals surface area contributed by atoms with E-state index in [0.717, 1.165) is 64.2 Å². The van der Waals surface area contributed by atoms with Gasteiger partial charge in [0.05, 0.1) is 25.0 Å². The highest BCUT2D eigenvalue weighted by molar-refractivity contribution is 5.74. The van der Waals surface area contributed by atoms with Crippen LogP contribution in [0.1, 0.15) is 188 Å². The first kappa shape index (κ1) is 43.9. The fraction of sp³-hybridized carbons (Fsp3) is 0.895. The van der Waals surface area contributed by atoms with E-state index in [-0.39, 0.29) is 17.9 Å². The number of carbonyl (C=O) groups is 4. The third-order valence-corrected chi connectivity index (χ3v) is 9.33. The van der Waals surface area contributed by atoms with Crippen molar-refractivity contribution >= 4 is 23.9 Å². The van der Waals surface area contributed by atoms with Crippen LogP contribution in [0.3, 0.4) is 0 Å². The zero-order chi connectivity index (χ0) is 34.3. The Labute approximate surface area is 281 Å². The normalized spacial score (nSPS) is 13.2. The smallest absolute Gasteiger partial charge is 0.306 e. The van der Waals surface area contributed by atoms with Gasteiger partial charge in [0.1, 0.15) is 0 Å². The second-order valence-electron chi connectivity index (χ2n) is 13.5. The van der Waals surface area contributed by atoms with Crippen LogP contribution in [0.2, 0.25) is 0 Å². The molecular formula is C38H70O8. The van der Waals surface area contributed by atoms with Crippen LogP contribution < -0.4 is 0 Å². The second-order valence-corrected chi connectivity index (χ2v) is 13.5. The molecule has 0 saturated heterocycles. The van der Waals surface area contributed by atoms with Crippen molar-refractivity contribution in [2.45, 2.75) is 188 Å². The molecule has 0 bridgehead atoms. The van der Waals surface area contributed by atoms with E-state index in [2.05, 4.69) is 0 Å². The van der Waals surface area contributed by atoms with Gasteiger partial charge in [0.15, 0.2) is 0 Å². The maximum absolute atomic E-state index is 12.1. The zero-order valence-corrected chi connectivity index (χ0v) is 29.9. The minimum Gasteiger partial charge on any atom is -0.481 e. The fourth-order valence-electron chi connectivity index (χ4n) is 6.40. The topological polar surface area (TPSA) is 127 Å². The molecule has 46 heavy (non-hydrogen) atoms. The quantitative estimate of drug-likeness (QED) is 0.0518. The largest absolute Gasteiger partial charge is 0.481 e. The number of carboxylic acid groups (broad SMARTS) is 2. The summed E-state index contributed by atoms with van der Waals surface area (Å²) >= 11 is 0. The first-order valence-corrected chi connectivity index (χ1v) is 18.9. The minimum atomic E-state index is -0.855. The summed E-state index contributed by atoms with van der Waals surface area (Å²) in [4.78, 5) is 45.6. The van der Waals surface area contributed by atoms with Crippen molar-refractivity contribution in [1.29, 1.82) is 0 Å². The lowest BCUT2D eigenvalue weighted by Crippen LogP contribution is -2.32. The molecule has 2 atom stereocenters. The number of ether oxygens (including phenoxy) is 2. The third kappa shape index (κ3) is 28.1. The van der Waals surface area contributed by atoms with Crippen LogP contribution in [0.5, 0.6) is 0 Å². The number of carboxylic acids is 2. The molecule has 2 unspecified atom stereocenters. The number of hydrogen-bond donors (Lipinski definition) is 2. The van der Waals surface area contributed by atoms with Crippen molar-refractivity contribution in [3.63, 3.8) is 0 Å². The Morgan fingerprint density at radius 3 is 0.848 bits per heavy atom. The van der Waals surface area contributed by atoms with Gasteiger partial charge < -0.3 is 19.7 Å². The van der Waals surface area contributed by atoms with Gasteiger partial charge in [-0.05, 0) is 31.6 Å². The van der Waals surface area contributed by atoms with Gasteiger partial charge >= 0.3 is 23.9 Å². The molecule has 0 amide bonds. The van der Waals surface area contributed by atoms with E-state index in [0.29, 0.717) is 26.1 Å². The van der Waals surface area contributed by atoms with Crippen LogP contribution in [-0.2, 0) is 28.7 Å². The molecule has 0 fully saturated rings. The van der Waals surface area contributed by atoms with Gasteiger partial charge in [-0.3, -0.25) is 19.2 Å². The van der Waals surface area contributed by atoms with E-state index in [1.165, 1.54) is 104 Å². The SMILES string of the molecule is CC(=O)OCCCCCCCCCCCCCCC(C(=O)O)C(C)C(CCCCCCCCCCCCCCOC(C)=O)C(=O)O. The van der Waals surface area contributed by atoms with Gasteiger partial charge in [-0.15, -0.1) is 0 Å². The maximum atomic E-state index is 12.1. The van der Waals surface area contributed by atoms with E-state index >= 15 is 0 Å². The standard InChI is InChI=1S/C38H70O8/c1-32(35(37(41)42)28-24-20-16-12-8-4-6-10-14-18-22-26-30-45-33(2)39)36(38(43)44)29-25-21-17-13-9-5-7-11-15-19-23-27-31-46-34(3)40/h32,35-36H,4-31H2,1-3H3,(H,41,42)(H,43,44). The molecular weight excluding hydrogens is 584 g/mol. The van der Waals surface area contributed by atoms with Crippen molar-refractivity contribution in [2.75, 3.05) is 13.2 Å². The molecule has 0 aromatic heterocycles. The van der Waals surface area contributed by atoms with Gasteiger partial charge in [-0.1, -0.05) is 148 Å². The van der Waals surface area contributed by atoms with Crippen LogP contribution in [0.25, 0.3) is 0 Å². The summed E-state index contributed by atoms with van der Waals surface area (Å²) in [6.45, 7) is 5.79. The van der Waals surface area contributed by atoms with Crippen molar-refractivity contribution in [1.82, 2.24) is 0 Å². The zero-order valence-electron chi connectivity index (χ0n) is 29.9. The lowest BCUT2D eigenvalue weighted by Gasteiger charge is -2.26. The highest BCUT2D eigenvalue weighted by Crippen LogP contribution is 2.30. The summed E-state index contributed by atoms with van der Waals surface area (Å²) in [6.07, 6.45) is 28.3. The number of aliphatic carboxylic acids is 2. The van der Waals surface area contributed by atoms with Gasteiger partial charge in [0.25, 0.3) is 0 Å². The van der Waals surface area contributed by atoms with Crippen molar-refractivity contribution < 1.29 is 38.9 Å². The molecule has 2 N–H and O–H groups in total. The Morgan fingerprint density at radius 1 is 0.413 bits per heavy atom. The molecule has 0 spiro atoms. The number of rotatable bonds is 34. The number of carbonyl (C=O) groups excluding carboxylic acids is 2. The van der Waals surface area contributed by atoms with Gasteiger partial charge in [0.2, 0.25) is 0 Å². The van der Waals surface area contributed by atoms with Crippen LogP contribution in [-0.4, -0.2) is 47.3 Å². The van der Waals surface area contributed by atoms with Gasteiger partial charge in [-0.25, -0.2) is 0 Å². The predicted molar refractivity (Wildman–Crippen MR) is 185 cm³/mol. The molecule has 0 rings (SSSR count). The summed E-state index contributed by atoms with van der Waals surface area (Å²) in [5.74, 6) is -3.66. The predicted octanol–water partition coefficient (Wildman–Crippen LogP) is 10.3. The Morgan fingerprint density at radius 2 is 0.630 bits per heavy atom. The monoisotopic (exact) mass is 655 g/mol. The number of esters is 2. The summed E-state index contributed by atoms with van der Waals surface area (Å²) in [7, 11) is 0. The van der Waals surface area contributed by atoms with Crippen molar-refractivity contribution in [2.24, 2.45) is 17.8 Å². The van der Waals surface area contributed by atoms with E-state index in [9.17, 15) is 29.4 Å². The molecule has 0 aliphatic rings. The molecule has 8 heteroatoms. The van der Waals surface area contributed by atoms with Crippen molar-refractivity contribution in [3.05, 3.63) is 0 Å². The first-order valence-electron chi connectivity index (χ1n) is 18.9. The first-order chi connectivity index (χ1) is 22.2. The van der Waals surface area contributed by atoms with Crippen LogP contribution in [0.15, 0.2) is 0 Å². The molecule has 8 nitrogen and oxygen atoms in total. The molecule has 0 radical (unpaired) electrons. The van der Waals surface area contributed by atoms with E-state index < -0.39 is 23.8 Å². The van der Waals surface area contributed by atoms with Gasteiger partial charge in [-0.2, -0.15) is 0 Å². The van der Waals surface area contributed by atoms with E-state index in [4.69, 9.17) is 9.47 Å². The third-order valence-electron chi connectivity index (χ3n) is 9.33. The Hall–Kier alpha value is -2.12. The van der Waals surface area contributed by atoms with Crippen LogP contribution in [0, 0.1) is 17.8 Å². The van der Waals surface area contributed by atoms with E-state index in [1.807, 2.05) is 6.92 Å². The summed E-state index contributed by atoms with van der Waals surface area (Å²) in [5.41, 5.74) is 0. The van der Waals surface area contributed by atoms with E-state index in [1.54, 1.807) is 0 Å². The Bertz CT molecular complexity index is 706. The van der Waals surface area contributed by atoms with Crippen molar-refractivity contribution in [3.8, 4) is 0 Å². The Kier molecular flexibility index (Phi) is 30.0. The summed E-state index contributed by atoms with van der Waals surface area (Å²) in [6, 6.07) is 0. The minimum absolute atomic E-state index is 0.202. The fourth-order valence-corrected chi connectivity index (χ4v) is 6.40. The summed E-state index contributed by atoms with van der Waals surface area (Å²) in [5, 5.41) is 19.8. The molecule has 0 heterocycles. The Balaban J connectivity index is 3.90. The number of unbranched alkanes of at least 4 members (excludes halogenated alkanes) is 22. The molecule has 0 aromatic carbocycles. The average molecular weight is 655 g/mol. The number of hydrogen-bond acceptors (Lipinski definition) is 6. The highest BCUT2D eigenvalue weighted by Gasteiger charge is 2.34. The van der Waals surface area contributed by atoms with Crippen LogP contribution in [0.4, 0.5) is 0 Å². The average Bonchev–Trinajstić information content (AvgIpc) is 2.99. The highest BCUT2D eigenvalue weighted by atomic mass is 16.5. The lowest BCUT2D eigenvalue weighted by atomic mass is 9.78. The molecule has 0 aliphatic carbocycles. The second kappa shape index (κ2) is 31.5.